The first-order valence-corrected chi connectivity index (χ1v) is 7.73. The van der Waals surface area contributed by atoms with Gasteiger partial charge in [-0.2, -0.15) is 0 Å². The van der Waals surface area contributed by atoms with Crippen molar-refractivity contribution in [3.05, 3.63) is 12.2 Å². The van der Waals surface area contributed by atoms with Crippen molar-refractivity contribution in [2.24, 2.45) is 0 Å². The predicted molar refractivity (Wildman–Crippen MR) is 79.5 cm³/mol. The predicted octanol–water partition coefficient (Wildman–Crippen LogP) is 5.07. The molecule has 0 aliphatic heterocycles. The molecular weight excluding hydrogens is 206 g/mol. The van der Waals surface area contributed by atoms with Gasteiger partial charge in [0.15, 0.2) is 0 Å². The molecule has 0 aliphatic carbocycles. The van der Waals surface area contributed by atoms with Crippen molar-refractivity contribution in [2.45, 2.75) is 84.6 Å². The molecule has 1 unspecified atom stereocenters. The van der Waals surface area contributed by atoms with Crippen LogP contribution in [-0.4, -0.2) is 12.6 Å². The summed E-state index contributed by atoms with van der Waals surface area (Å²) in [5.74, 6) is 0. The topological polar surface area (TPSA) is 12.0 Å². The van der Waals surface area contributed by atoms with E-state index in [1.165, 1.54) is 64.3 Å². The fraction of sp³-hybridized carbons (Fsp3) is 0.875. The van der Waals surface area contributed by atoms with Gasteiger partial charge in [-0.15, -0.1) is 0 Å². The minimum absolute atomic E-state index is 0.689. The largest absolute Gasteiger partial charge is 0.314 e. The molecule has 0 fully saturated rings. The minimum atomic E-state index is 0.689. The SMILES string of the molecule is CCCCC/C=C/CC(CC)NCCCCC. The second-order valence-corrected chi connectivity index (χ2v) is 4.97. The first-order chi connectivity index (χ1) is 8.35. The highest BCUT2D eigenvalue weighted by molar-refractivity contribution is 4.86. The molecular formula is C16H33N. The van der Waals surface area contributed by atoms with Gasteiger partial charge in [0, 0.05) is 6.04 Å². The van der Waals surface area contributed by atoms with E-state index in [0.717, 1.165) is 0 Å². The minimum Gasteiger partial charge on any atom is -0.314 e. The van der Waals surface area contributed by atoms with Gasteiger partial charge in [-0.1, -0.05) is 58.6 Å². The molecule has 102 valence electrons. The van der Waals surface area contributed by atoms with Crippen LogP contribution in [0.15, 0.2) is 12.2 Å². The van der Waals surface area contributed by atoms with Crippen LogP contribution in [0, 0.1) is 0 Å². The van der Waals surface area contributed by atoms with Crippen molar-refractivity contribution in [3.8, 4) is 0 Å². The summed E-state index contributed by atoms with van der Waals surface area (Å²) in [5.41, 5.74) is 0. The number of unbranched alkanes of at least 4 members (excludes halogenated alkanes) is 5. The lowest BCUT2D eigenvalue weighted by Crippen LogP contribution is -2.28. The molecule has 0 rings (SSSR count). The molecule has 0 aromatic rings. The van der Waals surface area contributed by atoms with Crippen molar-refractivity contribution in [2.75, 3.05) is 6.54 Å². The Balaban J connectivity index is 3.45. The summed E-state index contributed by atoms with van der Waals surface area (Å²) in [4.78, 5) is 0. The van der Waals surface area contributed by atoms with E-state index in [2.05, 4.69) is 38.2 Å². The van der Waals surface area contributed by atoms with Crippen LogP contribution in [0.4, 0.5) is 0 Å². The third-order valence-corrected chi connectivity index (χ3v) is 3.27. The molecule has 1 heteroatoms. The summed E-state index contributed by atoms with van der Waals surface area (Å²) in [7, 11) is 0. The highest BCUT2D eigenvalue weighted by Crippen LogP contribution is 2.04. The fourth-order valence-corrected chi connectivity index (χ4v) is 1.97. The lowest BCUT2D eigenvalue weighted by atomic mass is 10.1. The van der Waals surface area contributed by atoms with Crippen molar-refractivity contribution in [1.29, 1.82) is 0 Å². The lowest BCUT2D eigenvalue weighted by Gasteiger charge is -2.14. The summed E-state index contributed by atoms with van der Waals surface area (Å²) in [6, 6.07) is 0.689. The average molecular weight is 239 g/mol. The summed E-state index contributed by atoms with van der Waals surface area (Å²) in [6.45, 7) is 7.99. The van der Waals surface area contributed by atoms with Crippen LogP contribution in [0.5, 0.6) is 0 Å². The number of nitrogens with one attached hydrogen (secondary N) is 1. The smallest absolute Gasteiger partial charge is 0.00989 e. The van der Waals surface area contributed by atoms with Gasteiger partial charge in [0.05, 0.1) is 0 Å². The van der Waals surface area contributed by atoms with E-state index in [1.54, 1.807) is 0 Å². The van der Waals surface area contributed by atoms with Crippen LogP contribution >= 0.6 is 0 Å². The maximum Gasteiger partial charge on any atom is 0.00989 e. The fourth-order valence-electron chi connectivity index (χ4n) is 1.97. The third kappa shape index (κ3) is 12.0. The van der Waals surface area contributed by atoms with Gasteiger partial charge in [0.25, 0.3) is 0 Å². The quantitative estimate of drug-likeness (QED) is 0.370. The second-order valence-electron chi connectivity index (χ2n) is 4.97. The zero-order valence-corrected chi connectivity index (χ0v) is 12.3. The van der Waals surface area contributed by atoms with Crippen LogP contribution in [0.3, 0.4) is 0 Å². The standard InChI is InChI=1S/C16H33N/c1-4-7-9-10-11-12-14-16(6-3)17-15-13-8-5-2/h11-12,16-17H,4-10,13-15H2,1-3H3/b12-11+. The van der Waals surface area contributed by atoms with Gasteiger partial charge in [-0.25, -0.2) is 0 Å². The summed E-state index contributed by atoms with van der Waals surface area (Å²) in [5, 5.41) is 3.66. The van der Waals surface area contributed by atoms with E-state index in [-0.39, 0.29) is 0 Å². The van der Waals surface area contributed by atoms with E-state index in [9.17, 15) is 0 Å². The van der Waals surface area contributed by atoms with Crippen molar-refractivity contribution in [1.82, 2.24) is 5.32 Å². The Morgan fingerprint density at radius 2 is 1.59 bits per heavy atom. The molecule has 0 saturated heterocycles. The number of rotatable bonds is 12. The Morgan fingerprint density at radius 1 is 0.882 bits per heavy atom. The first kappa shape index (κ1) is 16.7. The maximum absolute atomic E-state index is 3.66. The van der Waals surface area contributed by atoms with Crippen LogP contribution in [0.2, 0.25) is 0 Å². The average Bonchev–Trinajstić information content (AvgIpc) is 2.36. The number of hydrogen-bond acceptors (Lipinski definition) is 1. The van der Waals surface area contributed by atoms with Gasteiger partial charge < -0.3 is 5.32 Å². The van der Waals surface area contributed by atoms with E-state index in [0.29, 0.717) is 6.04 Å². The van der Waals surface area contributed by atoms with Crippen molar-refractivity contribution < 1.29 is 0 Å². The first-order valence-electron chi connectivity index (χ1n) is 7.73. The molecule has 0 heterocycles. The van der Waals surface area contributed by atoms with Crippen molar-refractivity contribution >= 4 is 0 Å². The van der Waals surface area contributed by atoms with E-state index >= 15 is 0 Å². The van der Waals surface area contributed by atoms with Crippen LogP contribution in [-0.2, 0) is 0 Å². The molecule has 1 atom stereocenters. The highest BCUT2D eigenvalue weighted by Gasteiger charge is 2.01. The molecule has 0 aliphatic rings. The van der Waals surface area contributed by atoms with Gasteiger partial charge in [-0.05, 0) is 38.6 Å². The zero-order chi connectivity index (χ0) is 12.8. The van der Waals surface area contributed by atoms with Crippen molar-refractivity contribution in [3.63, 3.8) is 0 Å². The van der Waals surface area contributed by atoms with Crippen LogP contribution in [0.25, 0.3) is 0 Å². The molecule has 1 N–H and O–H groups in total. The van der Waals surface area contributed by atoms with Crippen LogP contribution < -0.4 is 5.32 Å². The molecule has 0 spiro atoms. The molecule has 17 heavy (non-hydrogen) atoms. The second kappa shape index (κ2) is 13.8. The highest BCUT2D eigenvalue weighted by atomic mass is 14.9. The Labute approximate surface area is 109 Å². The van der Waals surface area contributed by atoms with Gasteiger partial charge >= 0.3 is 0 Å². The third-order valence-electron chi connectivity index (χ3n) is 3.27. The van der Waals surface area contributed by atoms with Crippen LogP contribution in [0.1, 0.15) is 78.6 Å². The van der Waals surface area contributed by atoms with Gasteiger partial charge in [0.2, 0.25) is 0 Å². The lowest BCUT2D eigenvalue weighted by molar-refractivity contribution is 0.487. The molecule has 0 aromatic heterocycles. The summed E-state index contributed by atoms with van der Waals surface area (Å²) < 4.78 is 0. The molecule has 0 bridgehead atoms. The molecule has 1 nitrogen and oxygen atoms in total. The number of hydrogen-bond donors (Lipinski definition) is 1. The van der Waals surface area contributed by atoms with E-state index < -0.39 is 0 Å². The summed E-state index contributed by atoms with van der Waals surface area (Å²) in [6.07, 6.45) is 16.5. The Bertz CT molecular complexity index is 163. The summed E-state index contributed by atoms with van der Waals surface area (Å²) >= 11 is 0. The maximum atomic E-state index is 3.66. The Kier molecular flexibility index (Phi) is 13.5. The Morgan fingerprint density at radius 3 is 2.24 bits per heavy atom. The monoisotopic (exact) mass is 239 g/mol. The normalized spacial score (nSPS) is 13.4. The molecule has 0 aromatic carbocycles. The van der Waals surface area contributed by atoms with E-state index in [1.807, 2.05) is 0 Å². The Hall–Kier alpha value is -0.300. The zero-order valence-electron chi connectivity index (χ0n) is 12.3. The molecule has 0 saturated carbocycles. The van der Waals surface area contributed by atoms with Gasteiger partial charge in [0.1, 0.15) is 0 Å². The van der Waals surface area contributed by atoms with E-state index in [4.69, 9.17) is 0 Å². The van der Waals surface area contributed by atoms with Gasteiger partial charge in [-0.3, -0.25) is 0 Å². The molecule has 0 radical (unpaired) electrons. The number of allylic oxidation sites excluding steroid dienone is 1. The molecule has 0 amide bonds.